The minimum Gasteiger partial charge on any atom is -0.260 e. The maximum atomic E-state index is 5.06. The second-order valence-corrected chi connectivity index (χ2v) is 13.7. The molecule has 6 aromatic carbocycles. The number of aryl methyl sites for hydroxylation is 1. The Morgan fingerprint density at radius 2 is 1.06 bits per heavy atom. The van der Waals surface area contributed by atoms with E-state index in [1.54, 1.807) is 0 Å². The van der Waals surface area contributed by atoms with Crippen molar-refractivity contribution < 1.29 is 0 Å². The summed E-state index contributed by atoms with van der Waals surface area (Å²) in [4.78, 5) is 19.8. The van der Waals surface area contributed by atoms with Crippen molar-refractivity contribution in [3.8, 4) is 45.3 Å². The molecule has 1 aliphatic heterocycles. The lowest BCUT2D eigenvalue weighted by Crippen LogP contribution is -2.30. The second kappa shape index (κ2) is 12.9. The van der Waals surface area contributed by atoms with E-state index in [1.807, 2.05) is 18.2 Å². The predicted octanol–water partition coefficient (Wildman–Crippen LogP) is 11.6. The number of rotatable bonds is 6. The van der Waals surface area contributed by atoms with E-state index in [1.165, 1.54) is 57.9 Å². The van der Waals surface area contributed by atoms with Gasteiger partial charge in [0, 0.05) is 33.9 Å². The summed E-state index contributed by atoms with van der Waals surface area (Å²) in [6.45, 7) is 0. The van der Waals surface area contributed by atoms with Crippen LogP contribution in [0.15, 0.2) is 145 Å². The van der Waals surface area contributed by atoms with Gasteiger partial charge in [0.1, 0.15) is 0 Å². The number of aliphatic imine (C=N–C) groups is 1. The molecule has 2 heterocycles. The molecule has 242 valence electrons. The zero-order chi connectivity index (χ0) is 33.3. The molecule has 0 saturated heterocycles. The molecule has 1 aliphatic carbocycles. The van der Waals surface area contributed by atoms with Crippen LogP contribution in [0.5, 0.6) is 0 Å². The smallest absolute Gasteiger partial charge is 0.164 e. The molecule has 0 atom stereocenters. The molecule has 1 aromatic heterocycles. The fourth-order valence-corrected chi connectivity index (χ4v) is 8.04. The third-order valence-corrected chi connectivity index (χ3v) is 10.7. The summed E-state index contributed by atoms with van der Waals surface area (Å²) < 4.78 is 0. The van der Waals surface area contributed by atoms with E-state index < -0.39 is 0 Å². The fraction of sp³-hybridized carbons (Fsp3) is 0.174. The van der Waals surface area contributed by atoms with Gasteiger partial charge in [-0.15, -0.1) is 0 Å². The van der Waals surface area contributed by atoms with Gasteiger partial charge in [-0.1, -0.05) is 153 Å². The number of hydrogen-bond donors (Lipinski definition) is 0. The van der Waals surface area contributed by atoms with E-state index in [-0.39, 0.29) is 5.41 Å². The highest BCUT2D eigenvalue weighted by molar-refractivity contribution is 5.87. The molecule has 0 spiro atoms. The Hall–Kier alpha value is -5.74. The highest BCUT2D eigenvalue weighted by Gasteiger charge is 2.35. The summed E-state index contributed by atoms with van der Waals surface area (Å²) in [6.07, 6.45) is 10.2. The summed E-state index contributed by atoms with van der Waals surface area (Å²) in [5, 5.41) is 2.36. The molecule has 0 unspecified atom stereocenters. The summed E-state index contributed by atoms with van der Waals surface area (Å²) in [7, 11) is 0. The molecule has 2 aliphatic rings. The minimum atomic E-state index is -0.0197. The van der Waals surface area contributed by atoms with E-state index in [0.29, 0.717) is 17.5 Å². The van der Waals surface area contributed by atoms with Crippen LogP contribution in [0.25, 0.3) is 56.1 Å². The van der Waals surface area contributed by atoms with E-state index >= 15 is 0 Å². The van der Waals surface area contributed by atoms with Crippen molar-refractivity contribution in [2.75, 3.05) is 0 Å². The Balaban J connectivity index is 1.09. The number of para-hydroxylation sites is 1. The van der Waals surface area contributed by atoms with Crippen LogP contribution in [-0.4, -0.2) is 21.2 Å². The highest BCUT2D eigenvalue weighted by Crippen LogP contribution is 2.46. The third-order valence-electron chi connectivity index (χ3n) is 10.7. The molecule has 0 bridgehead atoms. The molecule has 1 fully saturated rings. The molecular formula is C46H38N4. The highest BCUT2D eigenvalue weighted by atomic mass is 15.0. The number of benzene rings is 6. The quantitative estimate of drug-likeness (QED) is 0.181. The van der Waals surface area contributed by atoms with Gasteiger partial charge in [0.05, 0.1) is 5.69 Å². The summed E-state index contributed by atoms with van der Waals surface area (Å²) in [5.74, 6) is 2.04. The monoisotopic (exact) mass is 646 g/mol. The van der Waals surface area contributed by atoms with Crippen molar-refractivity contribution in [1.29, 1.82) is 0 Å². The summed E-state index contributed by atoms with van der Waals surface area (Å²) in [5.41, 5.74) is 10.6. The lowest BCUT2D eigenvalue weighted by molar-refractivity contribution is 0.346. The zero-order valence-corrected chi connectivity index (χ0v) is 28.1. The van der Waals surface area contributed by atoms with Crippen LogP contribution in [0, 0.1) is 0 Å². The third kappa shape index (κ3) is 5.61. The molecule has 9 rings (SSSR count). The SMILES string of the molecule is C1=Nc2c(cccc2-c2ccc(C3(c4ccc(-c5nc(-c6ccccc6)nc(-c6ccc7ccccc7c6)n5)cc4)CCCCC3)cc2)CC1. The first-order valence-corrected chi connectivity index (χ1v) is 17.9. The number of hydrogen-bond acceptors (Lipinski definition) is 4. The van der Waals surface area contributed by atoms with Gasteiger partial charge in [-0.3, -0.25) is 4.99 Å². The predicted molar refractivity (Wildman–Crippen MR) is 206 cm³/mol. The standard InChI is InChI=1S/C46H38N4/c1-3-12-35(13-4-1)43-48-44(50-45(49-43)38-19-18-32-11-5-6-14-37(32)31-38)36-22-26-40(27-23-36)46(28-7-2-8-29-46)39-24-20-33(21-25-39)41-17-9-15-34-16-10-30-47-42(34)41/h1,3-6,9,11-15,17-27,30-31H,2,7-8,10,16,28-29H2. The van der Waals surface area contributed by atoms with Crippen molar-refractivity contribution in [3.05, 3.63) is 156 Å². The Morgan fingerprint density at radius 3 is 1.78 bits per heavy atom. The van der Waals surface area contributed by atoms with Gasteiger partial charge in [0.15, 0.2) is 17.5 Å². The number of nitrogens with zero attached hydrogens (tertiary/aromatic N) is 4. The van der Waals surface area contributed by atoms with Gasteiger partial charge in [0.25, 0.3) is 0 Å². The van der Waals surface area contributed by atoms with E-state index in [0.717, 1.165) is 48.1 Å². The lowest BCUT2D eigenvalue weighted by Gasteiger charge is -2.39. The average Bonchev–Trinajstić information content (AvgIpc) is 3.21. The molecule has 7 aromatic rings. The molecule has 4 nitrogen and oxygen atoms in total. The molecular weight excluding hydrogens is 609 g/mol. The van der Waals surface area contributed by atoms with Crippen LogP contribution in [0.4, 0.5) is 5.69 Å². The molecule has 0 amide bonds. The van der Waals surface area contributed by atoms with Crippen molar-refractivity contribution >= 4 is 22.7 Å². The molecule has 50 heavy (non-hydrogen) atoms. The summed E-state index contributed by atoms with van der Waals surface area (Å²) in [6, 6.07) is 50.0. The Morgan fingerprint density at radius 1 is 0.460 bits per heavy atom. The summed E-state index contributed by atoms with van der Waals surface area (Å²) >= 11 is 0. The number of aromatic nitrogens is 3. The van der Waals surface area contributed by atoms with Crippen LogP contribution in [-0.2, 0) is 11.8 Å². The number of fused-ring (bicyclic) bond motifs is 2. The topological polar surface area (TPSA) is 51.0 Å². The van der Waals surface area contributed by atoms with Crippen molar-refractivity contribution in [2.24, 2.45) is 4.99 Å². The van der Waals surface area contributed by atoms with Gasteiger partial charge >= 0.3 is 0 Å². The maximum Gasteiger partial charge on any atom is 0.164 e. The van der Waals surface area contributed by atoms with Crippen LogP contribution in [0.1, 0.15) is 55.2 Å². The van der Waals surface area contributed by atoms with Crippen molar-refractivity contribution in [2.45, 2.75) is 50.4 Å². The molecule has 1 saturated carbocycles. The van der Waals surface area contributed by atoms with Gasteiger partial charge in [-0.25, -0.2) is 15.0 Å². The first-order chi connectivity index (χ1) is 24.7. The van der Waals surface area contributed by atoms with Crippen LogP contribution in [0.3, 0.4) is 0 Å². The first-order valence-electron chi connectivity index (χ1n) is 17.9. The van der Waals surface area contributed by atoms with E-state index in [9.17, 15) is 0 Å². The molecule has 0 radical (unpaired) electrons. The van der Waals surface area contributed by atoms with E-state index in [4.69, 9.17) is 19.9 Å². The largest absolute Gasteiger partial charge is 0.260 e. The van der Waals surface area contributed by atoms with Crippen LogP contribution >= 0.6 is 0 Å². The fourth-order valence-electron chi connectivity index (χ4n) is 8.04. The first kappa shape index (κ1) is 30.3. The van der Waals surface area contributed by atoms with Gasteiger partial charge in [-0.2, -0.15) is 0 Å². The Labute approximate surface area is 293 Å². The normalized spacial score (nSPS) is 15.1. The van der Waals surface area contributed by atoms with Gasteiger partial charge < -0.3 is 0 Å². The zero-order valence-electron chi connectivity index (χ0n) is 28.1. The molecule has 0 N–H and O–H groups in total. The average molecular weight is 647 g/mol. The van der Waals surface area contributed by atoms with Gasteiger partial charge in [-0.05, 0) is 64.8 Å². The lowest BCUT2D eigenvalue weighted by atomic mass is 9.65. The van der Waals surface area contributed by atoms with Crippen molar-refractivity contribution in [1.82, 2.24) is 15.0 Å². The van der Waals surface area contributed by atoms with Crippen molar-refractivity contribution in [3.63, 3.8) is 0 Å². The molecule has 4 heteroatoms. The second-order valence-electron chi connectivity index (χ2n) is 13.7. The van der Waals surface area contributed by atoms with Crippen LogP contribution < -0.4 is 0 Å². The Bertz CT molecular complexity index is 2330. The minimum absolute atomic E-state index is 0.0197. The van der Waals surface area contributed by atoms with E-state index in [2.05, 4.69) is 128 Å². The Kier molecular flexibility index (Phi) is 7.85. The maximum absolute atomic E-state index is 5.06. The van der Waals surface area contributed by atoms with Crippen LogP contribution in [0.2, 0.25) is 0 Å². The van der Waals surface area contributed by atoms with Gasteiger partial charge in [0.2, 0.25) is 0 Å².